The van der Waals surface area contributed by atoms with Gasteiger partial charge >= 0.3 is 12.2 Å². The molecule has 1 aliphatic heterocycles. The molecule has 0 unspecified atom stereocenters. The third-order valence-corrected chi connectivity index (χ3v) is 8.25. The van der Waals surface area contributed by atoms with Crippen LogP contribution >= 0.6 is 0 Å². The number of nitrogens with one attached hydrogen (secondary N) is 2. The number of amides is 3. The minimum absolute atomic E-state index is 0.00925. The largest absolute Gasteiger partial charge is 0.438 e. The predicted octanol–water partition coefficient (Wildman–Crippen LogP) is 5.36. The van der Waals surface area contributed by atoms with Gasteiger partial charge in [0.25, 0.3) is 5.91 Å². The van der Waals surface area contributed by atoms with Crippen LogP contribution in [-0.2, 0) is 0 Å². The van der Waals surface area contributed by atoms with Crippen LogP contribution in [0.1, 0.15) is 78.2 Å². The van der Waals surface area contributed by atoms with E-state index in [1.807, 2.05) is 5.32 Å². The van der Waals surface area contributed by atoms with Crippen LogP contribution in [0.25, 0.3) is 11.1 Å². The molecule has 0 bridgehead atoms. The molecule has 16 heteroatoms. The smallest absolute Gasteiger partial charge is 0.410 e. The third-order valence-electron chi connectivity index (χ3n) is 8.25. The Kier molecular flexibility index (Phi) is 6.84. The number of aromatic nitrogens is 3. The summed E-state index contributed by atoms with van der Waals surface area (Å²) in [6, 6.07) is -2.26. The molecule has 2 aromatic heterocycles. The standard InChI is InChI=1S/C26H26F6N6O4/c1-11-18(37-42-36-11)22(39)34-19(12-6-8-25(28,29)9-7-12)23-35-20-15(41-23)5-4-14(17(20)27)21(13-2-3-13)38-10-16(26(30,31)32)33-24(38)40/h4-5,12-13,16,19,21H,2-3,6-10H2,1H3,(H,33,40)(H,34,39)/t16-,19+,21+/m1/s1. The second kappa shape index (κ2) is 10.2. The van der Waals surface area contributed by atoms with E-state index in [0.717, 1.165) is 4.90 Å². The van der Waals surface area contributed by atoms with Gasteiger partial charge in [0, 0.05) is 18.4 Å². The molecule has 42 heavy (non-hydrogen) atoms. The van der Waals surface area contributed by atoms with Gasteiger partial charge in [-0.1, -0.05) is 11.2 Å². The van der Waals surface area contributed by atoms with Gasteiger partial charge in [0.1, 0.15) is 23.3 Å². The number of aryl methyl sites for hydroxylation is 1. The first-order chi connectivity index (χ1) is 19.8. The second-order valence-electron chi connectivity index (χ2n) is 11.2. The first-order valence-electron chi connectivity index (χ1n) is 13.5. The quantitative estimate of drug-likeness (QED) is 0.350. The molecule has 1 aromatic carbocycles. The SMILES string of the molecule is Cc1nonc1C(=O)N[C@H](c1nc2c(F)c([C@H](C3CC3)N3C[C@H](C(F)(F)F)NC3=O)ccc2o1)C1CCC(F)(F)CC1. The first kappa shape index (κ1) is 28.3. The van der Waals surface area contributed by atoms with Crippen molar-refractivity contribution in [2.24, 2.45) is 11.8 Å². The number of benzene rings is 1. The topological polar surface area (TPSA) is 126 Å². The molecular weight excluding hydrogens is 574 g/mol. The maximum atomic E-state index is 16.1. The van der Waals surface area contributed by atoms with Crippen LogP contribution in [0.5, 0.6) is 0 Å². The maximum Gasteiger partial charge on any atom is 0.410 e. The summed E-state index contributed by atoms with van der Waals surface area (Å²) in [5, 5.41) is 11.8. The summed E-state index contributed by atoms with van der Waals surface area (Å²) in [4.78, 5) is 30.8. The maximum absolute atomic E-state index is 16.1. The number of carbonyl (C=O) groups is 2. The van der Waals surface area contributed by atoms with E-state index >= 15 is 4.39 Å². The van der Waals surface area contributed by atoms with E-state index in [2.05, 4.69) is 25.2 Å². The van der Waals surface area contributed by atoms with E-state index < -0.39 is 73.3 Å². The molecule has 0 spiro atoms. The summed E-state index contributed by atoms with van der Waals surface area (Å²) in [6.07, 6.45) is -4.26. The van der Waals surface area contributed by atoms with Gasteiger partial charge in [0.05, 0.1) is 12.6 Å². The number of halogens is 6. The number of hydrogen-bond donors (Lipinski definition) is 2. The van der Waals surface area contributed by atoms with Crippen LogP contribution in [0.15, 0.2) is 21.2 Å². The number of nitrogens with zero attached hydrogens (tertiary/aromatic N) is 4. The molecule has 6 rings (SSSR count). The van der Waals surface area contributed by atoms with Gasteiger partial charge in [-0.3, -0.25) is 4.79 Å². The Morgan fingerprint density at radius 2 is 1.86 bits per heavy atom. The third kappa shape index (κ3) is 5.26. The highest BCUT2D eigenvalue weighted by molar-refractivity contribution is 5.93. The van der Waals surface area contributed by atoms with Crippen molar-refractivity contribution >= 4 is 23.0 Å². The fraction of sp³-hybridized carbons (Fsp3) is 0.577. The minimum Gasteiger partial charge on any atom is -0.438 e. The molecule has 3 aliphatic rings. The van der Waals surface area contributed by atoms with Crippen molar-refractivity contribution in [3.8, 4) is 0 Å². The number of fused-ring (bicyclic) bond motifs is 1. The van der Waals surface area contributed by atoms with Crippen molar-refractivity contribution < 1.29 is 45.0 Å². The highest BCUT2D eigenvalue weighted by atomic mass is 19.4. The highest BCUT2D eigenvalue weighted by Gasteiger charge is 2.51. The summed E-state index contributed by atoms with van der Waals surface area (Å²) >= 11 is 0. The molecule has 2 aliphatic carbocycles. The van der Waals surface area contributed by atoms with E-state index in [4.69, 9.17) is 4.42 Å². The zero-order chi connectivity index (χ0) is 30.0. The molecule has 226 valence electrons. The van der Waals surface area contributed by atoms with Crippen LogP contribution in [0.3, 0.4) is 0 Å². The molecule has 3 atom stereocenters. The lowest BCUT2D eigenvalue weighted by Crippen LogP contribution is -2.40. The minimum atomic E-state index is -4.66. The van der Waals surface area contributed by atoms with E-state index in [1.165, 1.54) is 19.1 Å². The Hall–Kier alpha value is -3.85. The van der Waals surface area contributed by atoms with Crippen molar-refractivity contribution in [1.82, 2.24) is 30.8 Å². The Morgan fingerprint density at radius 1 is 1.14 bits per heavy atom. The fourth-order valence-electron chi connectivity index (χ4n) is 5.85. The number of urea groups is 1. The van der Waals surface area contributed by atoms with Gasteiger partial charge in [0.2, 0.25) is 11.8 Å². The van der Waals surface area contributed by atoms with Crippen LogP contribution < -0.4 is 10.6 Å². The van der Waals surface area contributed by atoms with E-state index in [1.54, 1.807) is 0 Å². The van der Waals surface area contributed by atoms with E-state index in [0.29, 0.717) is 12.8 Å². The Labute approximate surface area is 234 Å². The summed E-state index contributed by atoms with van der Waals surface area (Å²) in [5.74, 6) is -5.35. The lowest BCUT2D eigenvalue weighted by Gasteiger charge is -2.32. The fourth-order valence-corrected chi connectivity index (χ4v) is 5.85. The molecule has 3 fully saturated rings. The molecule has 3 heterocycles. The molecular formula is C26H26F6N6O4. The average Bonchev–Trinajstić information content (AvgIpc) is 3.30. The number of oxazole rings is 1. The van der Waals surface area contributed by atoms with Crippen LogP contribution in [0, 0.1) is 24.6 Å². The summed E-state index contributed by atoms with van der Waals surface area (Å²) in [7, 11) is 0. The molecule has 3 amide bonds. The molecule has 2 saturated carbocycles. The Morgan fingerprint density at radius 3 is 2.45 bits per heavy atom. The van der Waals surface area contributed by atoms with Gasteiger partial charge < -0.3 is 20.0 Å². The predicted molar refractivity (Wildman–Crippen MR) is 131 cm³/mol. The monoisotopic (exact) mass is 600 g/mol. The van der Waals surface area contributed by atoms with Gasteiger partial charge in [-0.2, -0.15) is 13.2 Å². The molecule has 10 nitrogen and oxygen atoms in total. The van der Waals surface area contributed by atoms with Crippen molar-refractivity contribution in [3.63, 3.8) is 0 Å². The number of carbonyl (C=O) groups excluding carboxylic acids is 2. The van der Waals surface area contributed by atoms with E-state index in [-0.39, 0.29) is 52.7 Å². The molecule has 0 radical (unpaired) electrons. The molecule has 1 saturated heterocycles. The zero-order valence-electron chi connectivity index (χ0n) is 22.2. The van der Waals surface area contributed by atoms with Gasteiger partial charge in [0.15, 0.2) is 17.1 Å². The lowest BCUT2D eigenvalue weighted by molar-refractivity contribution is -0.150. The van der Waals surface area contributed by atoms with Crippen molar-refractivity contribution in [1.29, 1.82) is 0 Å². The highest BCUT2D eigenvalue weighted by Crippen LogP contribution is 2.48. The zero-order valence-corrected chi connectivity index (χ0v) is 22.2. The van der Waals surface area contributed by atoms with Gasteiger partial charge in [-0.25, -0.2) is 27.6 Å². The normalized spacial score (nSPS) is 22.8. The molecule has 2 N–H and O–H groups in total. The van der Waals surface area contributed by atoms with Crippen LogP contribution in [0.4, 0.5) is 31.1 Å². The van der Waals surface area contributed by atoms with Crippen molar-refractivity contribution in [2.75, 3.05) is 6.54 Å². The second-order valence-corrected chi connectivity index (χ2v) is 11.2. The summed E-state index contributed by atoms with van der Waals surface area (Å²) < 4.78 is 94.3. The number of rotatable bonds is 7. The van der Waals surface area contributed by atoms with Gasteiger partial charge in [-0.05, 0) is 55.7 Å². The summed E-state index contributed by atoms with van der Waals surface area (Å²) in [5.41, 5.74) is -0.206. The van der Waals surface area contributed by atoms with E-state index in [9.17, 15) is 31.5 Å². The van der Waals surface area contributed by atoms with Gasteiger partial charge in [-0.15, -0.1) is 0 Å². The van der Waals surface area contributed by atoms with Crippen molar-refractivity contribution in [2.45, 2.75) is 75.7 Å². The van der Waals surface area contributed by atoms with Crippen molar-refractivity contribution in [3.05, 3.63) is 40.8 Å². The van der Waals surface area contributed by atoms with Crippen LogP contribution in [0.2, 0.25) is 0 Å². The summed E-state index contributed by atoms with van der Waals surface area (Å²) in [6.45, 7) is 0.827. The average molecular weight is 601 g/mol. The van der Waals surface area contributed by atoms with Crippen LogP contribution in [-0.4, -0.2) is 56.8 Å². The molecule has 3 aromatic rings. The lowest BCUT2D eigenvalue weighted by atomic mass is 9.82. The number of hydrogen-bond acceptors (Lipinski definition) is 7. The Bertz CT molecular complexity index is 1510. The Balaban J connectivity index is 1.34. The first-order valence-corrected chi connectivity index (χ1v) is 13.5. The number of alkyl halides is 5.